The summed E-state index contributed by atoms with van der Waals surface area (Å²) in [6.45, 7) is 9.87. The highest BCUT2D eigenvalue weighted by Gasteiger charge is 2.11. The van der Waals surface area contributed by atoms with E-state index in [0.717, 1.165) is 29.1 Å². The van der Waals surface area contributed by atoms with E-state index in [0.29, 0.717) is 5.92 Å². The van der Waals surface area contributed by atoms with Crippen LogP contribution in [0.4, 0.5) is 5.69 Å². The maximum atomic E-state index is 9.40. The summed E-state index contributed by atoms with van der Waals surface area (Å²) >= 11 is 0. The Morgan fingerprint density at radius 3 is 2.47 bits per heavy atom. The molecule has 0 fully saturated rings. The number of rotatable bonds is 4. The highest BCUT2D eigenvalue weighted by molar-refractivity contribution is 5.86. The molecular weight excluding hydrogens is 236 g/mol. The largest absolute Gasteiger partial charge is 0.508 e. The molecule has 0 amide bonds. The lowest BCUT2D eigenvalue weighted by Crippen LogP contribution is -2.27. The summed E-state index contributed by atoms with van der Waals surface area (Å²) in [4.78, 5) is 6.82. The normalized spacial score (nSPS) is 13.2. The van der Waals surface area contributed by atoms with Gasteiger partial charge in [0, 0.05) is 25.6 Å². The number of nitrogens with zero attached hydrogens (tertiary/aromatic N) is 2. The molecule has 0 aliphatic heterocycles. The quantitative estimate of drug-likeness (QED) is 0.501. The van der Waals surface area contributed by atoms with Gasteiger partial charge in [-0.05, 0) is 37.1 Å². The van der Waals surface area contributed by atoms with E-state index in [2.05, 4.69) is 25.3 Å². The minimum absolute atomic E-state index is 0.0911. The van der Waals surface area contributed by atoms with Gasteiger partial charge in [0.1, 0.15) is 11.6 Å². The third-order valence-corrected chi connectivity index (χ3v) is 3.28. The first-order valence-electron chi connectivity index (χ1n) is 6.61. The summed E-state index contributed by atoms with van der Waals surface area (Å²) < 4.78 is 0. The van der Waals surface area contributed by atoms with Gasteiger partial charge < -0.3 is 10.0 Å². The van der Waals surface area contributed by atoms with Crippen molar-refractivity contribution in [2.75, 3.05) is 14.1 Å². The van der Waals surface area contributed by atoms with Crippen LogP contribution in [0.25, 0.3) is 5.76 Å². The molecule has 104 valence electrons. The van der Waals surface area contributed by atoms with Crippen molar-refractivity contribution in [1.29, 1.82) is 0 Å². The fraction of sp³-hybridized carbons (Fsp3) is 0.438. The van der Waals surface area contributed by atoms with E-state index in [1.807, 2.05) is 39.2 Å². The molecule has 0 aliphatic rings. The van der Waals surface area contributed by atoms with Gasteiger partial charge in [-0.1, -0.05) is 20.4 Å². The highest BCUT2D eigenvalue weighted by atomic mass is 16.3. The Labute approximate surface area is 116 Å². The van der Waals surface area contributed by atoms with Crippen LogP contribution >= 0.6 is 0 Å². The predicted molar refractivity (Wildman–Crippen MR) is 83.1 cm³/mol. The first kappa shape index (κ1) is 15.3. The summed E-state index contributed by atoms with van der Waals surface area (Å²) in [5.74, 6) is 1.58. The van der Waals surface area contributed by atoms with Crippen LogP contribution in [-0.4, -0.2) is 29.9 Å². The van der Waals surface area contributed by atoms with Crippen molar-refractivity contribution in [3.63, 3.8) is 0 Å². The summed E-state index contributed by atoms with van der Waals surface area (Å²) in [6, 6.07) is 5.68. The maximum absolute atomic E-state index is 9.40. The van der Waals surface area contributed by atoms with Crippen LogP contribution in [0.3, 0.4) is 0 Å². The molecule has 3 heteroatoms. The average Bonchev–Trinajstić information content (AvgIpc) is 2.35. The van der Waals surface area contributed by atoms with E-state index in [9.17, 15) is 5.11 Å². The molecule has 1 aromatic rings. The van der Waals surface area contributed by atoms with E-state index in [1.165, 1.54) is 0 Å². The summed E-state index contributed by atoms with van der Waals surface area (Å²) in [5, 5.41) is 9.40. The molecule has 0 saturated carbocycles. The van der Waals surface area contributed by atoms with Crippen molar-refractivity contribution in [3.8, 4) is 0 Å². The van der Waals surface area contributed by atoms with E-state index >= 15 is 0 Å². The Morgan fingerprint density at radius 2 is 2.05 bits per heavy atom. The zero-order valence-corrected chi connectivity index (χ0v) is 12.6. The second-order valence-corrected chi connectivity index (χ2v) is 5.12. The van der Waals surface area contributed by atoms with E-state index in [4.69, 9.17) is 4.99 Å². The molecule has 0 aromatic heterocycles. The molecule has 1 aromatic carbocycles. The van der Waals surface area contributed by atoms with Crippen molar-refractivity contribution in [1.82, 2.24) is 4.90 Å². The van der Waals surface area contributed by atoms with Crippen LogP contribution in [-0.2, 0) is 0 Å². The van der Waals surface area contributed by atoms with Gasteiger partial charge in [0.15, 0.2) is 0 Å². The Morgan fingerprint density at radius 1 is 1.42 bits per heavy atom. The van der Waals surface area contributed by atoms with Gasteiger partial charge >= 0.3 is 0 Å². The molecule has 19 heavy (non-hydrogen) atoms. The number of amidine groups is 1. The zero-order valence-electron chi connectivity index (χ0n) is 12.6. The molecular formula is C16H24N2O. The Bertz CT molecular complexity index is 490. The maximum Gasteiger partial charge on any atom is 0.115 e. The fourth-order valence-corrected chi connectivity index (χ4v) is 1.92. The van der Waals surface area contributed by atoms with Crippen LogP contribution in [0.2, 0.25) is 0 Å². The number of hydrogen-bond donors (Lipinski definition) is 1. The minimum atomic E-state index is 0.0911. The van der Waals surface area contributed by atoms with Gasteiger partial charge in [-0.3, -0.25) is 0 Å². The number of aliphatic imine (C=N–C) groups is 1. The van der Waals surface area contributed by atoms with Gasteiger partial charge in [-0.25, -0.2) is 4.99 Å². The number of aliphatic hydroxyl groups is 1. The van der Waals surface area contributed by atoms with Gasteiger partial charge in [-0.15, -0.1) is 0 Å². The van der Waals surface area contributed by atoms with Crippen molar-refractivity contribution >= 4 is 17.3 Å². The summed E-state index contributed by atoms with van der Waals surface area (Å²) in [5.41, 5.74) is 2.72. The first-order valence-corrected chi connectivity index (χ1v) is 6.61. The Balaban J connectivity index is 3.18. The van der Waals surface area contributed by atoms with Crippen LogP contribution < -0.4 is 0 Å². The topological polar surface area (TPSA) is 35.8 Å². The van der Waals surface area contributed by atoms with Gasteiger partial charge in [0.25, 0.3) is 0 Å². The monoisotopic (exact) mass is 260 g/mol. The number of aryl methyl sites for hydroxylation is 1. The van der Waals surface area contributed by atoms with Crippen molar-refractivity contribution < 1.29 is 5.11 Å². The van der Waals surface area contributed by atoms with Crippen molar-refractivity contribution in [2.24, 2.45) is 10.9 Å². The molecule has 1 rings (SSSR count). The lowest BCUT2D eigenvalue weighted by Gasteiger charge is -2.21. The van der Waals surface area contributed by atoms with Crippen LogP contribution in [0, 0.1) is 12.8 Å². The zero-order chi connectivity index (χ0) is 14.6. The van der Waals surface area contributed by atoms with E-state index in [1.54, 1.807) is 0 Å². The van der Waals surface area contributed by atoms with Crippen LogP contribution in [0.1, 0.15) is 31.4 Å². The third-order valence-electron chi connectivity index (χ3n) is 3.28. The van der Waals surface area contributed by atoms with E-state index < -0.39 is 0 Å². The van der Waals surface area contributed by atoms with Gasteiger partial charge in [0.2, 0.25) is 0 Å². The second kappa shape index (κ2) is 6.41. The standard InChI is InChI=1S/C16H24N2O/c1-7-11(2)16(18(5)6)17-15-9-8-14(13(4)19)10-12(15)3/h8-11,19H,4,7H2,1-3,5-6H3. The smallest absolute Gasteiger partial charge is 0.115 e. The average molecular weight is 260 g/mol. The Hall–Kier alpha value is -1.77. The molecule has 0 aliphatic carbocycles. The SMILES string of the molecule is C=C(O)c1ccc(N=C(C(C)CC)N(C)C)c(C)c1. The molecule has 0 radical (unpaired) electrons. The minimum Gasteiger partial charge on any atom is -0.508 e. The molecule has 0 bridgehead atoms. The van der Waals surface area contributed by atoms with E-state index in [-0.39, 0.29) is 5.76 Å². The van der Waals surface area contributed by atoms with Crippen molar-refractivity contribution in [3.05, 3.63) is 35.9 Å². The molecule has 1 N–H and O–H groups in total. The third kappa shape index (κ3) is 3.85. The lowest BCUT2D eigenvalue weighted by atomic mass is 10.1. The van der Waals surface area contributed by atoms with Gasteiger partial charge in [0.05, 0.1) is 5.69 Å². The van der Waals surface area contributed by atoms with Gasteiger partial charge in [-0.2, -0.15) is 0 Å². The summed E-state index contributed by atoms with van der Waals surface area (Å²) in [7, 11) is 4.04. The van der Waals surface area contributed by atoms with Crippen LogP contribution in [0.15, 0.2) is 29.8 Å². The molecule has 0 saturated heterocycles. The van der Waals surface area contributed by atoms with Crippen LogP contribution in [0.5, 0.6) is 0 Å². The van der Waals surface area contributed by atoms with Crippen molar-refractivity contribution in [2.45, 2.75) is 27.2 Å². The number of benzene rings is 1. The number of hydrogen-bond acceptors (Lipinski definition) is 2. The first-order chi connectivity index (χ1) is 8.86. The molecule has 0 spiro atoms. The summed E-state index contributed by atoms with van der Waals surface area (Å²) in [6.07, 6.45) is 1.06. The molecule has 0 heterocycles. The molecule has 1 unspecified atom stereocenters. The second-order valence-electron chi connectivity index (χ2n) is 5.12. The Kier molecular flexibility index (Phi) is 5.16. The predicted octanol–water partition coefficient (Wildman–Crippen LogP) is 4.16. The molecule has 3 nitrogen and oxygen atoms in total. The fourth-order valence-electron chi connectivity index (χ4n) is 1.92. The lowest BCUT2D eigenvalue weighted by molar-refractivity contribution is 0.514. The molecule has 1 atom stereocenters. The highest BCUT2D eigenvalue weighted by Crippen LogP contribution is 2.24. The number of aliphatic hydroxyl groups excluding tert-OH is 1.